The summed E-state index contributed by atoms with van der Waals surface area (Å²) in [6.45, 7) is 1.98. The minimum absolute atomic E-state index is 0.0109. The highest BCUT2D eigenvalue weighted by molar-refractivity contribution is 5.92. The molecule has 0 unspecified atom stereocenters. The predicted molar refractivity (Wildman–Crippen MR) is 99.2 cm³/mol. The summed E-state index contributed by atoms with van der Waals surface area (Å²) in [5, 5.41) is 9.75. The van der Waals surface area contributed by atoms with Gasteiger partial charge >= 0.3 is 5.97 Å². The molecule has 0 aromatic heterocycles. The Morgan fingerprint density at radius 1 is 1.23 bits per heavy atom. The van der Waals surface area contributed by atoms with Gasteiger partial charge in [0.15, 0.2) is 0 Å². The number of fused-ring (bicyclic) bond motifs is 1. The molecule has 0 saturated carbocycles. The SMILES string of the molecule is CCOC(=O)C1=C(N)Oc2cc(O)ccc2[C@H]1c1ccc(N(C)C)cc1. The molecule has 1 heterocycles. The van der Waals surface area contributed by atoms with Gasteiger partial charge in [-0.3, -0.25) is 0 Å². The Balaban J connectivity index is 2.14. The van der Waals surface area contributed by atoms with Gasteiger partial charge in [0.25, 0.3) is 0 Å². The number of carbonyl (C=O) groups excluding carboxylic acids is 1. The highest BCUT2D eigenvalue weighted by Crippen LogP contribution is 2.44. The quantitative estimate of drug-likeness (QED) is 0.821. The fourth-order valence-electron chi connectivity index (χ4n) is 3.06. The van der Waals surface area contributed by atoms with E-state index in [0.717, 1.165) is 16.8 Å². The van der Waals surface area contributed by atoms with Crippen LogP contribution in [-0.4, -0.2) is 31.8 Å². The Morgan fingerprint density at radius 2 is 1.92 bits per heavy atom. The fourth-order valence-corrected chi connectivity index (χ4v) is 3.06. The summed E-state index contributed by atoms with van der Waals surface area (Å²) in [6, 6.07) is 12.6. The number of esters is 1. The van der Waals surface area contributed by atoms with Crippen LogP contribution in [0, 0.1) is 0 Å². The zero-order valence-electron chi connectivity index (χ0n) is 15.0. The Hall–Kier alpha value is -3.15. The summed E-state index contributed by atoms with van der Waals surface area (Å²) in [5.41, 5.74) is 8.99. The molecule has 0 spiro atoms. The topological polar surface area (TPSA) is 85.0 Å². The van der Waals surface area contributed by atoms with Gasteiger partial charge in [0.05, 0.1) is 12.5 Å². The summed E-state index contributed by atoms with van der Waals surface area (Å²) in [7, 11) is 3.92. The number of nitrogens with two attached hydrogens (primary N) is 1. The van der Waals surface area contributed by atoms with E-state index in [9.17, 15) is 9.90 Å². The van der Waals surface area contributed by atoms with Gasteiger partial charge in [0.1, 0.15) is 17.1 Å². The molecule has 0 saturated heterocycles. The summed E-state index contributed by atoms with van der Waals surface area (Å²) in [4.78, 5) is 14.5. The molecule has 0 aliphatic carbocycles. The van der Waals surface area contributed by atoms with Crippen LogP contribution in [0.15, 0.2) is 53.9 Å². The number of carbonyl (C=O) groups is 1. The van der Waals surface area contributed by atoms with E-state index < -0.39 is 11.9 Å². The number of aromatic hydroxyl groups is 1. The van der Waals surface area contributed by atoms with E-state index in [-0.39, 0.29) is 23.8 Å². The van der Waals surface area contributed by atoms with Gasteiger partial charge in [-0.2, -0.15) is 0 Å². The maximum atomic E-state index is 12.5. The Kier molecular flexibility index (Phi) is 4.75. The Labute approximate surface area is 152 Å². The first-order valence-corrected chi connectivity index (χ1v) is 8.37. The van der Waals surface area contributed by atoms with Gasteiger partial charge in [0, 0.05) is 31.4 Å². The predicted octanol–water partition coefficient (Wildman–Crippen LogP) is 2.72. The average molecular weight is 354 g/mol. The third kappa shape index (κ3) is 3.18. The zero-order chi connectivity index (χ0) is 18.8. The Morgan fingerprint density at radius 3 is 2.54 bits per heavy atom. The smallest absolute Gasteiger partial charge is 0.340 e. The van der Waals surface area contributed by atoms with Crippen molar-refractivity contribution in [3.63, 3.8) is 0 Å². The van der Waals surface area contributed by atoms with Gasteiger partial charge < -0.3 is 25.2 Å². The van der Waals surface area contributed by atoms with Crippen LogP contribution in [-0.2, 0) is 9.53 Å². The van der Waals surface area contributed by atoms with E-state index in [4.69, 9.17) is 15.2 Å². The second-order valence-electron chi connectivity index (χ2n) is 6.24. The maximum Gasteiger partial charge on any atom is 0.340 e. The molecule has 2 aromatic carbocycles. The maximum absolute atomic E-state index is 12.5. The van der Waals surface area contributed by atoms with Crippen molar-refractivity contribution in [2.24, 2.45) is 5.73 Å². The van der Waals surface area contributed by atoms with Crippen LogP contribution in [0.3, 0.4) is 0 Å². The minimum Gasteiger partial charge on any atom is -0.508 e. The van der Waals surface area contributed by atoms with Crippen LogP contribution < -0.4 is 15.4 Å². The summed E-state index contributed by atoms with van der Waals surface area (Å²) >= 11 is 0. The van der Waals surface area contributed by atoms with Gasteiger partial charge in [-0.15, -0.1) is 0 Å². The normalized spacial score (nSPS) is 15.9. The molecule has 0 bridgehead atoms. The number of anilines is 1. The lowest BCUT2D eigenvalue weighted by atomic mass is 9.83. The number of nitrogens with zero attached hydrogens (tertiary/aromatic N) is 1. The first-order chi connectivity index (χ1) is 12.4. The number of hydrogen-bond donors (Lipinski definition) is 2. The molecule has 136 valence electrons. The van der Waals surface area contributed by atoms with Crippen molar-refractivity contribution in [3.05, 3.63) is 65.0 Å². The molecule has 1 aliphatic heterocycles. The first kappa shape index (κ1) is 17.7. The largest absolute Gasteiger partial charge is 0.508 e. The van der Waals surface area contributed by atoms with E-state index in [2.05, 4.69) is 0 Å². The standard InChI is InChI=1S/C20H22N2O4/c1-4-25-20(24)18-17(12-5-7-13(8-6-12)22(2)3)15-10-9-14(23)11-16(15)26-19(18)21/h5-11,17,23H,4,21H2,1-3H3/t17-/m1/s1. The number of rotatable bonds is 4. The monoisotopic (exact) mass is 354 g/mol. The third-order valence-electron chi connectivity index (χ3n) is 4.32. The van der Waals surface area contributed by atoms with Crippen LogP contribution in [0.25, 0.3) is 0 Å². The highest BCUT2D eigenvalue weighted by Gasteiger charge is 2.35. The number of benzene rings is 2. The fraction of sp³-hybridized carbons (Fsp3) is 0.250. The molecule has 0 fully saturated rings. The van der Waals surface area contributed by atoms with Crippen LogP contribution in [0.4, 0.5) is 5.69 Å². The summed E-state index contributed by atoms with van der Waals surface area (Å²) in [6.07, 6.45) is 0. The molecule has 3 rings (SSSR count). The molecule has 6 heteroatoms. The molecule has 0 amide bonds. The lowest BCUT2D eigenvalue weighted by molar-refractivity contribution is -0.139. The van der Waals surface area contributed by atoms with E-state index in [0.29, 0.717) is 5.75 Å². The van der Waals surface area contributed by atoms with Crippen LogP contribution in [0.1, 0.15) is 24.0 Å². The molecular formula is C20H22N2O4. The van der Waals surface area contributed by atoms with Gasteiger partial charge in [0.2, 0.25) is 5.88 Å². The molecule has 1 aliphatic rings. The van der Waals surface area contributed by atoms with Crippen molar-refractivity contribution < 1.29 is 19.4 Å². The molecule has 2 aromatic rings. The highest BCUT2D eigenvalue weighted by atomic mass is 16.5. The van der Waals surface area contributed by atoms with Gasteiger partial charge in [-0.25, -0.2) is 4.79 Å². The molecule has 3 N–H and O–H groups in total. The van der Waals surface area contributed by atoms with Crippen LogP contribution in [0.2, 0.25) is 0 Å². The summed E-state index contributed by atoms with van der Waals surface area (Å²) in [5.74, 6) is -0.460. The number of phenols is 1. The molecule has 0 radical (unpaired) electrons. The van der Waals surface area contributed by atoms with E-state index in [1.165, 1.54) is 6.07 Å². The minimum atomic E-state index is -0.509. The number of hydrogen-bond acceptors (Lipinski definition) is 6. The van der Waals surface area contributed by atoms with E-state index >= 15 is 0 Å². The second kappa shape index (κ2) is 7.00. The number of phenolic OH excluding ortho intramolecular Hbond substituents is 1. The third-order valence-corrected chi connectivity index (χ3v) is 4.32. The van der Waals surface area contributed by atoms with Crippen LogP contribution in [0.5, 0.6) is 11.5 Å². The van der Waals surface area contributed by atoms with Crippen LogP contribution >= 0.6 is 0 Å². The zero-order valence-corrected chi connectivity index (χ0v) is 15.0. The lowest BCUT2D eigenvalue weighted by Crippen LogP contribution is -2.27. The second-order valence-corrected chi connectivity index (χ2v) is 6.24. The van der Waals surface area contributed by atoms with E-state index in [1.54, 1.807) is 19.1 Å². The lowest BCUT2D eigenvalue weighted by Gasteiger charge is -2.28. The first-order valence-electron chi connectivity index (χ1n) is 8.37. The van der Waals surface area contributed by atoms with Crippen molar-refractivity contribution in [2.45, 2.75) is 12.8 Å². The van der Waals surface area contributed by atoms with Crippen molar-refractivity contribution in [1.29, 1.82) is 0 Å². The van der Waals surface area contributed by atoms with Crippen molar-refractivity contribution in [2.75, 3.05) is 25.6 Å². The number of ether oxygens (including phenoxy) is 2. The van der Waals surface area contributed by atoms with E-state index in [1.807, 2.05) is 43.3 Å². The molecular weight excluding hydrogens is 332 g/mol. The summed E-state index contributed by atoms with van der Waals surface area (Å²) < 4.78 is 10.8. The molecule has 1 atom stereocenters. The Bertz CT molecular complexity index is 857. The van der Waals surface area contributed by atoms with Crippen molar-refractivity contribution >= 4 is 11.7 Å². The molecule has 6 nitrogen and oxygen atoms in total. The van der Waals surface area contributed by atoms with Gasteiger partial charge in [-0.05, 0) is 30.7 Å². The molecule has 26 heavy (non-hydrogen) atoms. The van der Waals surface area contributed by atoms with Crippen molar-refractivity contribution in [3.8, 4) is 11.5 Å². The average Bonchev–Trinajstić information content (AvgIpc) is 2.60. The van der Waals surface area contributed by atoms with Gasteiger partial charge in [-0.1, -0.05) is 18.2 Å². The van der Waals surface area contributed by atoms with Crippen molar-refractivity contribution in [1.82, 2.24) is 0 Å².